The SMILES string of the molecule is CCC(Oc1ccc(Cl)cc1)C(=O)NC1CC2CCC(C1)N2c1ccc(C(=O)NCCOC)cn1. The van der Waals surface area contributed by atoms with Gasteiger partial charge in [-0.05, 0) is 68.5 Å². The number of amides is 2. The van der Waals surface area contributed by atoms with Gasteiger partial charge in [0.25, 0.3) is 11.8 Å². The minimum atomic E-state index is -0.545. The van der Waals surface area contributed by atoms with Crippen LogP contribution in [0.4, 0.5) is 5.82 Å². The molecule has 2 aromatic rings. The van der Waals surface area contributed by atoms with E-state index >= 15 is 0 Å². The maximum absolute atomic E-state index is 13.0. The molecule has 2 aliphatic heterocycles. The van der Waals surface area contributed by atoms with E-state index in [2.05, 4.69) is 20.5 Å². The lowest BCUT2D eigenvalue weighted by molar-refractivity contribution is -0.129. The highest BCUT2D eigenvalue weighted by molar-refractivity contribution is 6.30. The minimum absolute atomic E-state index is 0.0812. The third-order valence-electron chi connectivity index (χ3n) is 6.70. The summed E-state index contributed by atoms with van der Waals surface area (Å²) in [6.07, 6.45) is 5.52. The molecule has 2 aliphatic rings. The van der Waals surface area contributed by atoms with Crippen LogP contribution in [0.15, 0.2) is 42.6 Å². The molecular weight excluding hydrogens is 468 g/mol. The van der Waals surface area contributed by atoms with Crippen LogP contribution in [0, 0.1) is 0 Å². The Bertz CT molecular complexity index is 987. The quantitative estimate of drug-likeness (QED) is 0.484. The van der Waals surface area contributed by atoms with Gasteiger partial charge in [0.2, 0.25) is 0 Å². The molecule has 3 heterocycles. The number of halogens is 1. The van der Waals surface area contributed by atoms with Crippen molar-refractivity contribution in [3.63, 3.8) is 0 Å². The minimum Gasteiger partial charge on any atom is -0.481 e. The van der Waals surface area contributed by atoms with Crippen LogP contribution in [-0.4, -0.2) is 61.3 Å². The number of pyridine rings is 1. The molecule has 4 rings (SSSR count). The summed E-state index contributed by atoms with van der Waals surface area (Å²) in [6, 6.07) is 11.5. The summed E-state index contributed by atoms with van der Waals surface area (Å²) < 4.78 is 10.9. The Kier molecular flexibility index (Phi) is 8.46. The lowest BCUT2D eigenvalue weighted by atomic mass is 9.96. The topological polar surface area (TPSA) is 92.8 Å². The lowest BCUT2D eigenvalue weighted by Crippen LogP contribution is -2.53. The van der Waals surface area contributed by atoms with Crippen LogP contribution >= 0.6 is 11.6 Å². The molecule has 2 saturated heterocycles. The summed E-state index contributed by atoms with van der Waals surface area (Å²) in [5.41, 5.74) is 0.533. The molecule has 0 aliphatic carbocycles. The van der Waals surface area contributed by atoms with Gasteiger partial charge in [-0.3, -0.25) is 9.59 Å². The monoisotopic (exact) mass is 500 g/mol. The Hall–Kier alpha value is -2.84. The number of fused-ring (bicyclic) bond motifs is 2. The number of hydrogen-bond acceptors (Lipinski definition) is 6. The molecule has 0 saturated carbocycles. The lowest BCUT2D eigenvalue weighted by Gasteiger charge is -2.40. The van der Waals surface area contributed by atoms with Crippen LogP contribution in [0.1, 0.15) is 49.4 Å². The van der Waals surface area contributed by atoms with Crippen molar-refractivity contribution in [2.24, 2.45) is 0 Å². The molecule has 2 N–H and O–H groups in total. The number of ether oxygens (including phenoxy) is 2. The number of nitrogens with one attached hydrogen (secondary N) is 2. The summed E-state index contributed by atoms with van der Waals surface area (Å²) in [4.78, 5) is 32.1. The summed E-state index contributed by atoms with van der Waals surface area (Å²) in [5.74, 6) is 1.28. The van der Waals surface area contributed by atoms with E-state index < -0.39 is 6.10 Å². The van der Waals surface area contributed by atoms with Crippen LogP contribution in [0.3, 0.4) is 0 Å². The highest BCUT2D eigenvalue weighted by atomic mass is 35.5. The Morgan fingerprint density at radius 1 is 1.14 bits per heavy atom. The number of anilines is 1. The fraction of sp³-hybridized carbons (Fsp3) is 0.500. The van der Waals surface area contributed by atoms with Gasteiger partial charge < -0.3 is 25.0 Å². The van der Waals surface area contributed by atoms with Crippen molar-refractivity contribution in [2.45, 2.75) is 63.3 Å². The van der Waals surface area contributed by atoms with Gasteiger partial charge in [0.15, 0.2) is 6.10 Å². The van der Waals surface area contributed by atoms with Crippen LogP contribution in [0.2, 0.25) is 5.02 Å². The molecule has 0 radical (unpaired) electrons. The molecule has 1 aromatic carbocycles. The number of nitrogens with zero attached hydrogens (tertiary/aromatic N) is 2. The molecule has 2 fully saturated rings. The first-order valence-electron chi connectivity index (χ1n) is 12.2. The Labute approximate surface area is 211 Å². The zero-order valence-electron chi connectivity index (χ0n) is 20.2. The predicted molar refractivity (Wildman–Crippen MR) is 135 cm³/mol. The highest BCUT2D eigenvalue weighted by Gasteiger charge is 2.42. The number of carbonyl (C=O) groups excluding carboxylic acids is 2. The zero-order valence-corrected chi connectivity index (χ0v) is 21.0. The molecule has 1 aromatic heterocycles. The molecular formula is C26H33ClN4O4. The fourth-order valence-electron chi connectivity index (χ4n) is 5.00. The molecule has 35 heavy (non-hydrogen) atoms. The van der Waals surface area contributed by atoms with E-state index in [9.17, 15) is 9.59 Å². The largest absolute Gasteiger partial charge is 0.481 e. The molecule has 3 unspecified atom stereocenters. The fourth-order valence-corrected chi connectivity index (χ4v) is 5.13. The number of rotatable bonds is 10. The standard InChI is InChI=1S/C26H33ClN4O4/c1-3-23(35-22-9-5-18(27)6-10-22)26(33)30-19-14-20-7-8-21(15-19)31(20)24-11-4-17(16-29-24)25(32)28-12-13-34-2/h4-6,9-11,16,19-21,23H,3,7-8,12-15H2,1-2H3,(H,28,32)(H,30,33). The number of hydrogen-bond donors (Lipinski definition) is 2. The van der Waals surface area contributed by atoms with Gasteiger partial charge in [0.05, 0.1) is 12.2 Å². The van der Waals surface area contributed by atoms with Gasteiger partial charge in [-0.25, -0.2) is 4.98 Å². The van der Waals surface area contributed by atoms with Crippen molar-refractivity contribution in [1.82, 2.24) is 15.6 Å². The summed E-state index contributed by atoms with van der Waals surface area (Å²) in [6.45, 7) is 2.88. The molecule has 9 heteroatoms. The van der Waals surface area contributed by atoms with E-state index in [1.54, 1.807) is 37.6 Å². The Morgan fingerprint density at radius 3 is 2.46 bits per heavy atom. The summed E-state index contributed by atoms with van der Waals surface area (Å²) in [5, 5.41) is 6.66. The second kappa shape index (κ2) is 11.7. The summed E-state index contributed by atoms with van der Waals surface area (Å²) in [7, 11) is 1.60. The predicted octanol–water partition coefficient (Wildman–Crippen LogP) is 3.58. The van der Waals surface area contributed by atoms with E-state index in [-0.39, 0.29) is 17.9 Å². The second-order valence-corrected chi connectivity index (χ2v) is 9.53. The van der Waals surface area contributed by atoms with Gasteiger partial charge >= 0.3 is 0 Å². The first-order chi connectivity index (χ1) is 17.0. The van der Waals surface area contributed by atoms with Crippen molar-refractivity contribution in [3.8, 4) is 5.75 Å². The Morgan fingerprint density at radius 2 is 1.86 bits per heavy atom. The normalized spacial score (nSPS) is 21.9. The average molecular weight is 501 g/mol. The van der Waals surface area contributed by atoms with E-state index in [0.717, 1.165) is 31.5 Å². The number of aromatic nitrogens is 1. The summed E-state index contributed by atoms with van der Waals surface area (Å²) >= 11 is 5.94. The van der Waals surface area contributed by atoms with Crippen LogP contribution < -0.4 is 20.3 Å². The van der Waals surface area contributed by atoms with E-state index in [1.165, 1.54) is 0 Å². The molecule has 3 atom stereocenters. The smallest absolute Gasteiger partial charge is 0.261 e. The van der Waals surface area contributed by atoms with E-state index in [4.69, 9.17) is 21.1 Å². The van der Waals surface area contributed by atoms with Crippen molar-refractivity contribution < 1.29 is 19.1 Å². The van der Waals surface area contributed by atoms with Gasteiger partial charge in [-0.15, -0.1) is 0 Å². The second-order valence-electron chi connectivity index (χ2n) is 9.09. The van der Waals surface area contributed by atoms with Crippen molar-refractivity contribution in [3.05, 3.63) is 53.2 Å². The molecule has 188 valence electrons. The first-order valence-corrected chi connectivity index (χ1v) is 12.6. The first kappa shape index (κ1) is 25.3. The molecule has 8 nitrogen and oxygen atoms in total. The molecule has 2 bridgehead atoms. The molecule has 2 amide bonds. The maximum Gasteiger partial charge on any atom is 0.261 e. The number of methoxy groups -OCH3 is 1. The number of benzene rings is 1. The van der Waals surface area contributed by atoms with Crippen LogP contribution in [0.5, 0.6) is 5.75 Å². The van der Waals surface area contributed by atoms with Gasteiger partial charge in [-0.2, -0.15) is 0 Å². The van der Waals surface area contributed by atoms with Crippen LogP contribution in [0.25, 0.3) is 0 Å². The highest BCUT2D eigenvalue weighted by Crippen LogP contribution is 2.38. The van der Waals surface area contributed by atoms with Gasteiger partial charge in [0, 0.05) is 43.0 Å². The van der Waals surface area contributed by atoms with Gasteiger partial charge in [-0.1, -0.05) is 18.5 Å². The third kappa shape index (κ3) is 6.24. The zero-order chi connectivity index (χ0) is 24.8. The van der Waals surface area contributed by atoms with Crippen molar-refractivity contribution in [2.75, 3.05) is 25.2 Å². The Balaban J connectivity index is 1.33. The third-order valence-corrected chi connectivity index (χ3v) is 6.95. The van der Waals surface area contributed by atoms with Crippen molar-refractivity contribution in [1.29, 1.82) is 0 Å². The van der Waals surface area contributed by atoms with E-state index in [1.807, 2.05) is 19.1 Å². The van der Waals surface area contributed by atoms with E-state index in [0.29, 0.717) is 48.0 Å². The number of piperidine rings is 1. The maximum atomic E-state index is 13.0. The van der Waals surface area contributed by atoms with Crippen LogP contribution in [-0.2, 0) is 9.53 Å². The number of carbonyl (C=O) groups is 2. The van der Waals surface area contributed by atoms with Gasteiger partial charge in [0.1, 0.15) is 11.6 Å². The molecule has 0 spiro atoms. The average Bonchev–Trinajstić information content (AvgIpc) is 3.13. The van der Waals surface area contributed by atoms with Crippen molar-refractivity contribution >= 4 is 29.2 Å².